The molecular formula is C13H24O. The third-order valence-corrected chi connectivity index (χ3v) is 2.37. The number of unbranched alkanes of at least 4 members (excludes halogenated alkanes) is 5. The summed E-state index contributed by atoms with van der Waals surface area (Å²) < 4.78 is 0. The molecule has 0 saturated heterocycles. The van der Waals surface area contributed by atoms with E-state index in [4.69, 9.17) is 0 Å². The zero-order chi connectivity index (χ0) is 10.8. The molecule has 0 atom stereocenters. The molecule has 0 aromatic rings. The van der Waals surface area contributed by atoms with Crippen LogP contribution in [0, 0.1) is 0 Å². The second-order valence-electron chi connectivity index (χ2n) is 4.12. The maximum absolute atomic E-state index is 10.8. The number of hydrogen-bond acceptors (Lipinski definition) is 1. The molecule has 0 N–H and O–H groups in total. The van der Waals surface area contributed by atoms with Gasteiger partial charge in [-0.15, -0.1) is 0 Å². The maximum atomic E-state index is 10.8. The van der Waals surface area contributed by atoms with Crippen LogP contribution in [0.25, 0.3) is 0 Å². The third kappa shape index (κ3) is 9.50. The van der Waals surface area contributed by atoms with Gasteiger partial charge in [-0.25, -0.2) is 0 Å². The van der Waals surface area contributed by atoms with Crippen LogP contribution in [0.2, 0.25) is 0 Å². The Morgan fingerprint density at radius 1 is 1.00 bits per heavy atom. The van der Waals surface area contributed by atoms with Gasteiger partial charge in [0.2, 0.25) is 0 Å². The normalized spacial score (nSPS) is 11.8. The first kappa shape index (κ1) is 13.4. The Labute approximate surface area is 88.6 Å². The minimum atomic E-state index is 0.175. The Morgan fingerprint density at radius 3 is 2.14 bits per heavy atom. The lowest BCUT2D eigenvalue weighted by molar-refractivity contribution is -0.112. The SMILES string of the molecule is CCCCCCCCC(C)=CC(C)=O. The summed E-state index contributed by atoms with van der Waals surface area (Å²) in [6, 6.07) is 0. The van der Waals surface area contributed by atoms with Crippen LogP contribution in [0.3, 0.4) is 0 Å². The van der Waals surface area contributed by atoms with E-state index in [1.807, 2.05) is 6.92 Å². The molecule has 0 rings (SSSR count). The van der Waals surface area contributed by atoms with Crippen molar-refractivity contribution in [2.24, 2.45) is 0 Å². The standard InChI is InChI=1S/C13H24O/c1-4-5-6-7-8-9-10-12(2)11-13(3)14/h11H,4-10H2,1-3H3. The van der Waals surface area contributed by atoms with Crippen LogP contribution < -0.4 is 0 Å². The largest absolute Gasteiger partial charge is 0.295 e. The first-order valence-corrected chi connectivity index (χ1v) is 5.84. The fraction of sp³-hybridized carbons (Fsp3) is 0.769. The molecule has 0 spiro atoms. The average molecular weight is 196 g/mol. The number of ketones is 1. The zero-order valence-electron chi connectivity index (χ0n) is 9.94. The number of rotatable bonds is 8. The molecule has 0 aliphatic rings. The van der Waals surface area contributed by atoms with Gasteiger partial charge in [-0.1, -0.05) is 44.6 Å². The molecule has 0 aromatic carbocycles. The molecule has 1 nitrogen and oxygen atoms in total. The molecule has 0 amide bonds. The first-order valence-electron chi connectivity index (χ1n) is 5.84. The van der Waals surface area contributed by atoms with E-state index in [1.165, 1.54) is 44.1 Å². The van der Waals surface area contributed by atoms with Gasteiger partial charge >= 0.3 is 0 Å². The molecule has 0 unspecified atom stereocenters. The van der Waals surface area contributed by atoms with Crippen LogP contribution in [0.4, 0.5) is 0 Å². The van der Waals surface area contributed by atoms with Gasteiger partial charge in [-0.05, 0) is 32.8 Å². The van der Waals surface area contributed by atoms with Gasteiger partial charge in [0, 0.05) is 0 Å². The van der Waals surface area contributed by atoms with Gasteiger partial charge in [0.25, 0.3) is 0 Å². The van der Waals surface area contributed by atoms with Gasteiger partial charge in [0.05, 0.1) is 0 Å². The molecule has 0 bridgehead atoms. The van der Waals surface area contributed by atoms with Crippen LogP contribution in [-0.4, -0.2) is 5.78 Å². The van der Waals surface area contributed by atoms with Crippen molar-refractivity contribution in [3.8, 4) is 0 Å². The predicted molar refractivity (Wildman–Crippen MR) is 62.4 cm³/mol. The van der Waals surface area contributed by atoms with E-state index >= 15 is 0 Å². The van der Waals surface area contributed by atoms with Crippen LogP contribution in [0.15, 0.2) is 11.6 Å². The third-order valence-electron chi connectivity index (χ3n) is 2.37. The Bertz CT molecular complexity index is 180. The summed E-state index contributed by atoms with van der Waals surface area (Å²) in [4.78, 5) is 10.8. The predicted octanol–water partition coefficient (Wildman–Crippen LogP) is 4.27. The Morgan fingerprint density at radius 2 is 1.57 bits per heavy atom. The summed E-state index contributed by atoms with van der Waals surface area (Å²) in [5.41, 5.74) is 1.23. The van der Waals surface area contributed by atoms with E-state index < -0.39 is 0 Å². The van der Waals surface area contributed by atoms with E-state index in [-0.39, 0.29) is 5.78 Å². The number of carbonyl (C=O) groups excluding carboxylic acids is 1. The summed E-state index contributed by atoms with van der Waals surface area (Å²) in [5.74, 6) is 0.175. The van der Waals surface area contributed by atoms with Crippen molar-refractivity contribution in [3.63, 3.8) is 0 Å². The average Bonchev–Trinajstić information content (AvgIpc) is 2.10. The van der Waals surface area contributed by atoms with Crippen LogP contribution in [0.5, 0.6) is 0 Å². The molecule has 14 heavy (non-hydrogen) atoms. The molecule has 0 saturated carbocycles. The van der Waals surface area contributed by atoms with Gasteiger partial charge in [-0.3, -0.25) is 4.79 Å². The molecule has 0 heterocycles. The smallest absolute Gasteiger partial charge is 0.152 e. The van der Waals surface area contributed by atoms with E-state index in [0.717, 1.165) is 6.42 Å². The van der Waals surface area contributed by atoms with Gasteiger partial charge in [0.15, 0.2) is 5.78 Å². The number of allylic oxidation sites excluding steroid dienone is 2. The zero-order valence-corrected chi connectivity index (χ0v) is 9.94. The highest BCUT2D eigenvalue weighted by Crippen LogP contribution is 2.11. The lowest BCUT2D eigenvalue weighted by Crippen LogP contribution is -1.86. The summed E-state index contributed by atoms with van der Waals surface area (Å²) in [6.07, 6.45) is 10.8. The second kappa shape index (κ2) is 8.98. The van der Waals surface area contributed by atoms with Crippen molar-refractivity contribution in [2.75, 3.05) is 0 Å². The monoisotopic (exact) mass is 196 g/mol. The number of carbonyl (C=O) groups is 1. The maximum Gasteiger partial charge on any atom is 0.152 e. The fourth-order valence-corrected chi connectivity index (χ4v) is 1.60. The fourth-order valence-electron chi connectivity index (χ4n) is 1.60. The van der Waals surface area contributed by atoms with Crippen molar-refractivity contribution in [1.29, 1.82) is 0 Å². The van der Waals surface area contributed by atoms with Gasteiger partial charge < -0.3 is 0 Å². The molecular weight excluding hydrogens is 172 g/mol. The summed E-state index contributed by atoms with van der Waals surface area (Å²) in [5, 5.41) is 0. The van der Waals surface area contributed by atoms with Gasteiger partial charge in [-0.2, -0.15) is 0 Å². The van der Waals surface area contributed by atoms with E-state index in [2.05, 4.69) is 6.92 Å². The minimum absolute atomic E-state index is 0.175. The Balaban J connectivity index is 3.31. The Kier molecular flexibility index (Phi) is 8.61. The van der Waals surface area contributed by atoms with Crippen LogP contribution in [0.1, 0.15) is 65.7 Å². The van der Waals surface area contributed by atoms with Crippen molar-refractivity contribution in [1.82, 2.24) is 0 Å². The molecule has 1 heteroatoms. The second-order valence-corrected chi connectivity index (χ2v) is 4.12. The summed E-state index contributed by atoms with van der Waals surface area (Å²) >= 11 is 0. The van der Waals surface area contributed by atoms with Crippen molar-refractivity contribution >= 4 is 5.78 Å². The van der Waals surface area contributed by atoms with E-state index in [0.29, 0.717) is 0 Å². The minimum Gasteiger partial charge on any atom is -0.295 e. The quantitative estimate of drug-likeness (QED) is 0.418. The van der Waals surface area contributed by atoms with Crippen molar-refractivity contribution < 1.29 is 4.79 Å². The first-order chi connectivity index (χ1) is 6.66. The van der Waals surface area contributed by atoms with Crippen LogP contribution in [-0.2, 0) is 4.79 Å². The van der Waals surface area contributed by atoms with Crippen molar-refractivity contribution in [3.05, 3.63) is 11.6 Å². The molecule has 0 radical (unpaired) electrons. The van der Waals surface area contributed by atoms with Crippen molar-refractivity contribution in [2.45, 2.75) is 65.7 Å². The molecule has 0 aliphatic carbocycles. The van der Waals surface area contributed by atoms with Gasteiger partial charge in [0.1, 0.15) is 0 Å². The van der Waals surface area contributed by atoms with Crippen LogP contribution >= 0.6 is 0 Å². The molecule has 0 aromatic heterocycles. The van der Waals surface area contributed by atoms with E-state index in [1.54, 1.807) is 13.0 Å². The highest BCUT2D eigenvalue weighted by Gasteiger charge is 1.93. The van der Waals surface area contributed by atoms with E-state index in [9.17, 15) is 4.79 Å². The lowest BCUT2D eigenvalue weighted by atomic mass is 10.1. The summed E-state index contributed by atoms with van der Waals surface area (Å²) in [6.45, 7) is 5.90. The lowest BCUT2D eigenvalue weighted by Gasteiger charge is -2.01. The highest BCUT2D eigenvalue weighted by atomic mass is 16.1. The summed E-state index contributed by atoms with van der Waals surface area (Å²) in [7, 11) is 0. The Hall–Kier alpha value is -0.590. The molecule has 0 fully saturated rings. The topological polar surface area (TPSA) is 17.1 Å². The highest BCUT2D eigenvalue weighted by molar-refractivity contribution is 5.87. The number of hydrogen-bond donors (Lipinski definition) is 0. The molecule has 0 aliphatic heterocycles. The molecule has 82 valence electrons.